The number of rotatable bonds is 5. The van der Waals surface area contributed by atoms with Gasteiger partial charge in [-0.25, -0.2) is 0 Å². The molecule has 1 atom stereocenters. The molecule has 0 saturated carbocycles. The zero-order valence-electron chi connectivity index (χ0n) is 11.4. The molecule has 1 rings (SSSR count). The van der Waals surface area contributed by atoms with Crippen molar-refractivity contribution in [3.63, 3.8) is 0 Å². The number of nitrogens with zero attached hydrogens (tertiary/aromatic N) is 1. The van der Waals surface area contributed by atoms with Crippen LogP contribution in [0.25, 0.3) is 0 Å². The van der Waals surface area contributed by atoms with Crippen LogP contribution >= 0.6 is 0 Å². The third-order valence-corrected chi connectivity index (χ3v) is 3.80. The van der Waals surface area contributed by atoms with Gasteiger partial charge in [0.05, 0.1) is 0 Å². The lowest BCUT2D eigenvalue weighted by molar-refractivity contribution is 0.179. The summed E-state index contributed by atoms with van der Waals surface area (Å²) in [4.78, 5) is 2.43. The van der Waals surface area contributed by atoms with E-state index in [1.165, 1.54) is 32.4 Å². The van der Waals surface area contributed by atoms with Crippen molar-refractivity contribution in [2.24, 2.45) is 11.7 Å². The molecular weight excluding hydrogens is 198 g/mol. The summed E-state index contributed by atoms with van der Waals surface area (Å²) in [5.74, 6) is 0.837. The van der Waals surface area contributed by atoms with E-state index in [0.717, 1.165) is 12.3 Å². The van der Waals surface area contributed by atoms with Crippen LogP contribution in [0.4, 0.5) is 0 Å². The van der Waals surface area contributed by atoms with E-state index in [0.29, 0.717) is 6.04 Å². The van der Waals surface area contributed by atoms with Gasteiger partial charge in [0.1, 0.15) is 0 Å². The molecule has 1 heterocycles. The van der Waals surface area contributed by atoms with E-state index >= 15 is 0 Å². The van der Waals surface area contributed by atoms with Gasteiger partial charge in [-0.1, -0.05) is 0 Å². The minimum absolute atomic E-state index is 0.0272. The van der Waals surface area contributed by atoms with Gasteiger partial charge in [0, 0.05) is 11.6 Å². The number of hydrogen-bond donors (Lipinski definition) is 2. The molecule has 0 spiro atoms. The number of nitrogens with two attached hydrogens (primary N) is 1. The summed E-state index contributed by atoms with van der Waals surface area (Å²) in [6, 6.07) is 0.650. The Kier molecular flexibility index (Phi) is 5.22. The van der Waals surface area contributed by atoms with E-state index in [1.807, 2.05) is 0 Å². The van der Waals surface area contributed by atoms with Crippen LogP contribution in [0.2, 0.25) is 0 Å². The Morgan fingerprint density at radius 2 is 1.94 bits per heavy atom. The highest BCUT2D eigenvalue weighted by atomic mass is 15.1. The van der Waals surface area contributed by atoms with Crippen molar-refractivity contribution in [2.45, 2.75) is 51.1 Å². The molecule has 1 aliphatic heterocycles. The maximum atomic E-state index is 6.05. The predicted octanol–water partition coefficient (Wildman–Crippen LogP) is 1.43. The minimum Gasteiger partial charge on any atom is -0.326 e. The van der Waals surface area contributed by atoms with Gasteiger partial charge in [0.25, 0.3) is 0 Å². The summed E-state index contributed by atoms with van der Waals surface area (Å²) in [6.45, 7) is 6.73. The van der Waals surface area contributed by atoms with Crippen LogP contribution in [-0.4, -0.2) is 43.7 Å². The van der Waals surface area contributed by atoms with Gasteiger partial charge >= 0.3 is 0 Å². The summed E-state index contributed by atoms with van der Waals surface area (Å²) in [5, 5.41) is 3.49. The first-order valence-electron chi connectivity index (χ1n) is 6.57. The normalized spacial score (nSPS) is 22.3. The van der Waals surface area contributed by atoms with Crippen LogP contribution in [0.15, 0.2) is 0 Å². The van der Waals surface area contributed by atoms with Crippen LogP contribution < -0.4 is 11.1 Å². The summed E-state index contributed by atoms with van der Waals surface area (Å²) >= 11 is 0. The van der Waals surface area contributed by atoms with E-state index < -0.39 is 0 Å². The minimum atomic E-state index is -0.0272. The van der Waals surface area contributed by atoms with Gasteiger partial charge in [-0.3, -0.25) is 0 Å². The molecule has 16 heavy (non-hydrogen) atoms. The summed E-state index contributed by atoms with van der Waals surface area (Å²) < 4.78 is 0. The third kappa shape index (κ3) is 4.81. The molecule has 3 nitrogen and oxygen atoms in total. The van der Waals surface area contributed by atoms with E-state index in [1.54, 1.807) is 0 Å². The Bertz CT molecular complexity index is 190. The molecule has 3 heteroatoms. The Morgan fingerprint density at radius 1 is 1.38 bits per heavy atom. The first-order chi connectivity index (χ1) is 7.42. The third-order valence-electron chi connectivity index (χ3n) is 3.80. The summed E-state index contributed by atoms with van der Waals surface area (Å²) in [7, 11) is 4.31. The van der Waals surface area contributed by atoms with Crippen molar-refractivity contribution in [1.82, 2.24) is 10.2 Å². The molecule has 3 N–H and O–H groups in total. The molecule has 0 aromatic heterocycles. The summed E-state index contributed by atoms with van der Waals surface area (Å²) in [5.41, 5.74) is 6.03. The zero-order valence-corrected chi connectivity index (χ0v) is 11.4. The lowest BCUT2D eigenvalue weighted by atomic mass is 9.84. The Balaban J connectivity index is 2.36. The monoisotopic (exact) mass is 227 g/mol. The van der Waals surface area contributed by atoms with Crippen molar-refractivity contribution < 1.29 is 0 Å². The molecular formula is C13H29N3. The van der Waals surface area contributed by atoms with E-state index in [4.69, 9.17) is 5.73 Å². The molecule has 1 fully saturated rings. The van der Waals surface area contributed by atoms with Crippen molar-refractivity contribution in [3.8, 4) is 0 Å². The van der Waals surface area contributed by atoms with Crippen molar-refractivity contribution >= 4 is 0 Å². The molecule has 96 valence electrons. The molecule has 0 aromatic carbocycles. The van der Waals surface area contributed by atoms with Gasteiger partial charge in [-0.15, -0.1) is 0 Å². The second-order valence-corrected chi connectivity index (χ2v) is 6.06. The van der Waals surface area contributed by atoms with Crippen molar-refractivity contribution in [3.05, 3.63) is 0 Å². The van der Waals surface area contributed by atoms with Crippen LogP contribution in [0, 0.1) is 5.92 Å². The van der Waals surface area contributed by atoms with Crippen molar-refractivity contribution in [2.75, 3.05) is 27.2 Å². The van der Waals surface area contributed by atoms with E-state index in [-0.39, 0.29) is 5.54 Å². The number of likely N-dealkylation sites (tertiary alicyclic amines) is 1. The first kappa shape index (κ1) is 13.9. The highest BCUT2D eigenvalue weighted by Crippen LogP contribution is 2.23. The first-order valence-corrected chi connectivity index (χ1v) is 6.57. The Hall–Kier alpha value is -0.120. The molecule has 1 saturated heterocycles. The Labute approximate surface area is 101 Å². The lowest BCUT2D eigenvalue weighted by Gasteiger charge is -2.35. The van der Waals surface area contributed by atoms with E-state index in [2.05, 4.69) is 38.2 Å². The van der Waals surface area contributed by atoms with Crippen LogP contribution in [-0.2, 0) is 0 Å². The zero-order chi connectivity index (χ0) is 12.2. The maximum Gasteiger partial charge on any atom is 0.00976 e. The molecule has 0 aliphatic carbocycles. The average molecular weight is 227 g/mol. The largest absolute Gasteiger partial charge is 0.326 e. The number of piperidine rings is 1. The van der Waals surface area contributed by atoms with Gasteiger partial charge in [-0.2, -0.15) is 0 Å². The highest BCUT2D eigenvalue weighted by molar-refractivity contribution is 4.83. The fourth-order valence-corrected chi connectivity index (χ4v) is 2.57. The Morgan fingerprint density at radius 3 is 2.38 bits per heavy atom. The van der Waals surface area contributed by atoms with Gasteiger partial charge in [0.15, 0.2) is 0 Å². The molecule has 0 radical (unpaired) electrons. The van der Waals surface area contributed by atoms with Crippen molar-refractivity contribution in [1.29, 1.82) is 0 Å². The molecule has 0 amide bonds. The number of hydrogen-bond acceptors (Lipinski definition) is 3. The molecule has 1 unspecified atom stereocenters. The predicted molar refractivity (Wildman–Crippen MR) is 70.6 cm³/mol. The lowest BCUT2D eigenvalue weighted by Crippen LogP contribution is -2.43. The molecule has 1 aliphatic rings. The van der Waals surface area contributed by atoms with Crippen LogP contribution in [0.3, 0.4) is 0 Å². The fourth-order valence-electron chi connectivity index (χ4n) is 2.57. The highest BCUT2D eigenvalue weighted by Gasteiger charge is 2.25. The quantitative estimate of drug-likeness (QED) is 0.746. The maximum absolute atomic E-state index is 6.05. The number of nitrogens with one attached hydrogen (secondary N) is 1. The van der Waals surface area contributed by atoms with Gasteiger partial charge in [0.2, 0.25) is 0 Å². The standard InChI is InChI=1S/C13H29N3/c1-13(2,14)8-5-12(15-3)11-6-9-16(4)10-7-11/h11-12,15H,5-10,14H2,1-4H3. The smallest absolute Gasteiger partial charge is 0.00976 e. The van der Waals surface area contributed by atoms with Gasteiger partial charge in [-0.05, 0) is 72.6 Å². The average Bonchev–Trinajstić information content (AvgIpc) is 2.20. The topological polar surface area (TPSA) is 41.3 Å². The molecule has 0 aromatic rings. The SMILES string of the molecule is CNC(CCC(C)(C)N)C1CCN(C)CC1. The second-order valence-electron chi connectivity index (χ2n) is 6.06. The summed E-state index contributed by atoms with van der Waals surface area (Å²) in [6.07, 6.45) is 4.96. The van der Waals surface area contributed by atoms with Gasteiger partial charge < -0.3 is 16.0 Å². The van der Waals surface area contributed by atoms with E-state index in [9.17, 15) is 0 Å². The second kappa shape index (κ2) is 5.99. The van der Waals surface area contributed by atoms with Crippen LogP contribution in [0.1, 0.15) is 39.5 Å². The van der Waals surface area contributed by atoms with Crippen LogP contribution in [0.5, 0.6) is 0 Å². The fraction of sp³-hybridized carbons (Fsp3) is 1.00. The molecule has 0 bridgehead atoms.